The predicted molar refractivity (Wildman–Crippen MR) is 113 cm³/mol. The van der Waals surface area contributed by atoms with Crippen molar-refractivity contribution in [3.8, 4) is 0 Å². The lowest BCUT2D eigenvalue weighted by atomic mass is 10.1. The number of carbonyl (C=O) groups excluding carboxylic acids is 2. The molecule has 0 atom stereocenters. The van der Waals surface area contributed by atoms with Crippen molar-refractivity contribution >= 4 is 29.3 Å². The molecular weight excluding hydrogens is 388 g/mol. The second kappa shape index (κ2) is 9.40. The molecule has 0 aliphatic carbocycles. The molecule has 150 valence electrons. The van der Waals surface area contributed by atoms with Crippen LogP contribution in [0.2, 0.25) is 0 Å². The van der Waals surface area contributed by atoms with Crippen molar-refractivity contribution < 1.29 is 14.7 Å². The SMILES string of the molecule is Cc1ccc(Cn2c(CO)cnc2SCC(=O)Nc2ccc(C(N)=O)cc2)cc1. The third-order valence-corrected chi connectivity index (χ3v) is 5.30. The van der Waals surface area contributed by atoms with Gasteiger partial charge in [-0.15, -0.1) is 0 Å². The van der Waals surface area contributed by atoms with Gasteiger partial charge in [-0.1, -0.05) is 41.6 Å². The van der Waals surface area contributed by atoms with E-state index in [1.165, 1.54) is 17.3 Å². The first kappa shape index (κ1) is 20.6. The van der Waals surface area contributed by atoms with Crippen molar-refractivity contribution in [3.63, 3.8) is 0 Å². The predicted octanol–water partition coefficient (Wildman–Crippen LogP) is 2.56. The van der Waals surface area contributed by atoms with E-state index in [0.717, 1.165) is 5.56 Å². The molecule has 2 aromatic carbocycles. The summed E-state index contributed by atoms with van der Waals surface area (Å²) in [5, 5.41) is 13.0. The number of nitrogens with one attached hydrogen (secondary N) is 1. The number of hydrogen-bond acceptors (Lipinski definition) is 5. The third kappa shape index (κ3) is 5.46. The molecule has 3 aromatic rings. The van der Waals surface area contributed by atoms with Crippen molar-refractivity contribution in [2.45, 2.75) is 25.2 Å². The summed E-state index contributed by atoms with van der Waals surface area (Å²) >= 11 is 1.30. The number of primary amides is 1. The van der Waals surface area contributed by atoms with Gasteiger partial charge in [0.25, 0.3) is 0 Å². The van der Waals surface area contributed by atoms with E-state index in [2.05, 4.69) is 10.3 Å². The average Bonchev–Trinajstić information content (AvgIpc) is 3.10. The van der Waals surface area contributed by atoms with E-state index in [9.17, 15) is 14.7 Å². The van der Waals surface area contributed by atoms with Crippen LogP contribution in [0.3, 0.4) is 0 Å². The summed E-state index contributed by atoms with van der Waals surface area (Å²) in [5.41, 5.74) is 9.13. The maximum Gasteiger partial charge on any atom is 0.248 e. The quantitative estimate of drug-likeness (QED) is 0.494. The van der Waals surface area contributed by atoms with Gasteiger partial charge < -0.3 is 20.7 Å². The molecule has 0 saturated carbocycles. The number of aromatic nitrogens is 2. The van der Waals surface area contributed by atoms with E-state index in [1.807, 2.05) is 35.8 Å². The Morgan fingerprint density at radius 1 is 1.14 bits per heavy atom. The van der Waals surface area contributed by atoms with Crippen LogP contribution in [-0.4, -0.2) is 32.2 Å². The number of aliphatic hydroxyl groups excluding tert-OH is 1. The molecule has 0 unspecified atom stereocenters. The highest BCUT2D eigenvalue weighted by molar-refractivity contribution is 7.99. The molecule has 0 aliphatic heterocycles. The molecule has 0 aliphatic rings. The number of amides is 2. The lowest BCUT2D eigenvalue weighted by Crippen LogP contribution is -2.15. The Labute approximate surface area is 173 Å². The van der Waals surface area contributed by atoms with Gasteiger partial charge in [-0.2, -0.15) is 0 Å². The van der Waals surface area contributed by atoms with Crippen molar-refractivity contribution in [2.24, 2.45) is 5.73 Å². The zero-order valence-electron chi connectivity index (χ0n) is 16.0. The number of imidazole rings is 1. The van der Waals surface area contributed by atoms with Gasteiger partial charge in [0.1, 0.15) is 0 Å². The van der Waals surface area contributed by atoms with E-state index in [0.29, 0.717) is 28.6 Å². The number of carbonyl (C=O) groups is 2. The number of anilines is 1. The minimum absolute atomic E-state index is 0.127. The van der Waals surface area contributed by atoms with Gasteiger partial charge in [0.15, 0.2) is 5.16 Å². The standard InChI is InChI=1S/C21H22N4O3S/c1-14-2-4-15(5-3-14)11-25-18(12-26)10-23-21(25)29-13-19(27)24-17-8-6-16(7-9-17)20(22)28/h2-10,26H,11-13H2,1H3,(H2,22,28)(H,24,27). The molecular formula is C21H22N4O3S. The van der Waals surface area contributed by atoms with Crippen LogP contribution in [0.5, 0.6) is 0 Å². The Balaban J connectivity index is 1.63. The van der Waals surface area contributed by atoms with Crippen molar-refractivity contribution in [3.05, 3.63) is 77.1 Å². The fourth-order valence-electron chi connectivity index (χ4n) is 2.72. The summed E-state index contributed by atoms with van der Waals surface area (Å²) in [4.78, 5) is 27.7. The van der Waals surface area contributed by atoms with E-state index in [-0.39, 0.29) is 18.3 Å². The van der Waals surface area contributed by atoms with Crippen LogP contribution in [0, 0.1) is 6.92 Å². The highest BCUT2D eigenvalue weighted by Crippen LogP contribution is 2.21. The maximum absolute atomic E-state index is 12.3. The molecule has 7 nitrogen and oxygen atoms in total. The number of benzene rings is 2. The normalized spacial score (nSPS) is 10.7. The average molecular weight is 410 g/mol. The summed E-state index contributed by atoms with van der Waals surface area (Å²) in [6, 6.07) is 14.5. The lowest BCUT2D eigenvalue weighted by Gasteiger charge is -2.11. The zero-order valence-corrected chi connectivity index (χ0v) is 16.8. The minimum Gasteiger partial charge on any atom is -0.390 e. The fourth-order valence-corrected chi connectivity index (χ4v) is 3.52. The molecule has 0 fully saturated rings. The van der Waals surface area contributed by atoms with Crippen molar-refractivity contribution in [1.82, 2.24) is 9.55 Å². The van der Waals surface area contributed by atoms with Crippen LogP contribution in [0.25, 0.3) is 0 Å². The topological polar surface area (TPSA) is 110 Å². The molecule has 1 heterocycles. The number of thioether (sulfide) groups is 1. The number of aryl methyl sites for hydroxylation is 1. The number of rotatable bonds is 8. The van der Waals surface area contributed by atoms with Gasteiger partial charge in [-0.25, -0.2) is 4.98 Å². The molecule has 0 spiro atoms. The molecule has 8 heteroatoms. The molecule has 1 aromatic heterocycles. The van der Waals surface area contributed by atoms with E-state index < -0.39 is 5.91 Å². The first-order valence-electron chi connectivity index (χ1n) is 8.99. The van der Waals surface area contributed by atoms with Crippen LogP contribution in [0.1, 0.15) is 27.2 Å². The molecule has 0 bridgehead atoms. The van der Waals surface area contributed by atoms with Crippen LogP contribution in [0.15, 0.2) is 59.9 Å². The van der Waals surface area contributed by atoms with Crippen molar-refractivity contribution in [1.29, 1.82) is 0 Å². The minimum atomic E-state index is -0.515. The van der Waals surface area contributed by atoms with Gasteiger partial charge in [0, 0.05) is 17.8 Å². The number of aliphatic hydroxyl groups is 1. The smallest absolute Gasteiger partial charge is 0.248 e. The van der Waals surface area contributed by atoms with Gasteiger partial charge in [0.05, 0.1) is 24.3 Å². The van der Waals surface area contributed by atoms with Gasteiger partial charge in [-0.3, -0.25) is 9.59 Å². The zero-order chi connectivity index (χ0) is 20.8. The number of hydrogen-bond donors (Lipinski definition) is 3. The Morgan fingerprint density at radius 2 is 1.83 bits per heavy atom. The van der Waals surface area contributed by atoms with Gasteiger partial charge in [-0.05, 0) is 36.8 Å². The second-order valence-electron chi connectivity index (χ2n) is 6.54. The number of nitrogens with two attached hydrogens (primary N) is 1. The Kier molecular flexibility index (Phi) is 6.69. The van der Waals surface area contributed by atoms with Crippen LogP contribution in [0.4, 0.5) is 5.69 Å². The Bertz CT molecular complexity index is 998. The Hall–Kier alpha value is -3.10. The van der Waals surface area contributed by atoms with Crippen LogP contribution in [-0.2, 0) is 17.9 Å². The molecule has 4 N–H and O–H groups in total. The van der Waals surface area contributed by atoms with Gasteiger partial charge in [0.2, 0.25) is 11.8 Å². The molecule has 3 rings (SSSR count). The highest BCUT2D eigenvalue weighted by atomic mass is 32.2. The number of nitrogens with zero attached hydrogens (tertiary/aromatic N) is 2. The Morgan fingerprint density at radius 3 is 2.45 bits per heavy atom. The maximum atomic E-state index is 12.3. The second-order valence-corrected chi connectivity index (χ2v) is 7.48. The fraction of sp³-hybridized carbons (Fsp3) is 0.190. The molecule has 2 amide bonds. The monoisotopic (exact) mass is 410 g/mol. The van der Waals surface area contributed by atoms with Crippen LogP contribution >= 0.6 is 11.8 Å². The first-order valence-corrected chi connectivity index (χ1v) is 9.98. The largest absolute Gasteiger partial charge is 0.390 e. The summed E-state index contributed by atoms with van der Waals surface area (Å²) in [7, 11) is 0. The molecule has 0 saturated heterocycles. The summed E-state index contributed by atoms with van der Waals surface area (Å²) in [5.74, 6) is -0.552. The van der Waals surface area contributed by atoms with E-state index >= 15 is 0 Å². The lowest BCUT2D eigenvalue weighted by molar-refractivity contribution is -0.113. The van der Waals surface area contributed by atoms with Gasteiger partial charge >= 0.3 is 0 Å². The van der Waals surface area contributed by atoms with Crippen molar-refractivity contribution in [2.75, 3.05) is 11.1 Å². The summed E-state index contributed by atoms with van der Waals surface area (Å²) in [6.45, 7) is 2.47. The molecule has 29 heavy (non-hydrogen) atoms. The molecule has 0 radical (unpaired) electrons. The van der Waals surface area contributed by atoms with E-state index in [1.54, 1.807) is 30.5 Å². The van der Waals surface area contributed by atoms with Crippen LogP contribution < -0.4 is 11.1 Å². The third-order valence-electron chi connectivity index (χ3n) is 4.31. The summed E-state index contributed by atoms with van der Waals surface area (Å²) in [6.07, 6.45) is 1.62. The first-order chi connectivity index (χ1) is 14.0. The highest BCUT2D eigenvalue weighted by Gasteiger charge is 2.13. The summed E-state index contributed by atoms with van der Waals surface area (Å²) < 4.78 is 1.91. The van der Waals surface area contributed by atoms with E-state index in [4.69, 9.17) is 5.73 Å².